The summed E-state index contributed by atoms with van der Waals surface area (Å²) in [7, 11) is -5.03. The van der Waals surface area contributed by atoms with E-state index in [9.17, 15) is 38.1 Å². The number of azo groups is 1. The molecular formula is C19H16N4NaO9S. The van der Waals surface area contributed by atoms with Gasteiger partial charge < -0.3 is 14.9 Å². The van der Waals surface area contributed by atoms with Crippen LogP contribution in [0.3, 0.4) is 0 Å². The Labute approximate surface area is 214 Å². The number of phenolic OH excluding ortho intramolecular Hbond substituents is 2. The zero-order valence-corrected chi connectivity index (χ0v) is 20.6. The summed E-state index contributed by atoms with van der Waals surface area (Å²) in [4.78, 5) is 20.9. The van der Waals surface area contributed by atoms with E-state index in [1.165, 1.54) is 18.2 Å². The van der Waals surface area contributed by atoms with Crippen LogP contribution in [0.2, 0.25) is 0 Å². The van der Waals surface area contributed by atoms with Crippen LogP contribution in [0.25, 0.3) is 10.8 Å². The number of nitrogens with one attached hydrogen (secondary N) is 1. The molecule has 0 saturated carbocycles. The molecule has 15 heteroatoms. The fourth-order valence-electron chi connectivity index (χ4n) is 2.89. The Bertz CT molecular complexity index is 1410. The van der Waals surface area contributed by atoms with Gasteiger partial charge in [-0.15, -0.1) is 10.2 Å². The topological polar surface area (TPSA) is 201 Å². The van der Waals surface area contributed by atoms with Crippen LogP contribution in [-0.4, -0.2) is 70.4 Å². The summed E-state index contributed by atoms with van der Waals surface area (Å²) < 4.78 is 37.1. The molecule has 13 nitrogen and oxygen atoms in total. The minimum absolute atomic E-state index is 0. The first-order chi connectivity index (χ1) is 15.5. The number of carbonyl (C=O) groups excluding carboxylic acids is 1. The van der Waals surface area contributed by atoms with E-state index in [1.807, 2.05) is 0 Å². The van der Waals surface area contributed by atoms with Crippen LogP contribution in [-0.2, 0) is 14.9 Å². The van der Waals surface area contributed by atoms with E-state index in [-0.39, 0.29) is 52.9 Å². The number of hydrogen-bond donors (Lipinski definition) is 4. The molecule has 0 aliphatic rings. The first kappa shape index (κ1) is 26.9. The molecule has 34 heavy (non-hydrogen) atoms. The summed E-state index contributed by atoms with van der Waals surface area (Å²) >= 11 is 0. The van der Waals surface area contributed by atoms with Gasteiger partial charge in [0.25, 0.3) is 15.8 Å². The van der Waals surface area contributed by atoms with Crippen molar-refractivity contribution in [1.29, 1.82) is 0 Å². The maximum atomic E-state index is 11.9. The van der Waals surface area contributed by atoms with E-state index in [4.69, 9.17) is 4.74 Å². The van der Waals surface area contributed by atoms with Crippen LogP contribution in [0.15, 0.2) is 57.6 Å². The van der Waals surface area contributed by atoms with Crippen LogP contribution in [0.1, 0.15) is 6.92 Å². The van der Waals surface area contributed by atoms with Crippen molar-refractivity contribution in [3.63, 3.8) is 0 Å². The Morgan fingerprint density at radius 2 is 1.88 bits per heavy atom. The number of non-ortho nitro benzene ring substituents is 1. The van der Waals surface area contributed by atoms with E-state index in [0.29, 0.717) is 11.5 Å². The number of carbonyl (C=O) groups is 1. The summed E-state index contributed by atoms with van der Waals surface area (Å²) in [5.41, 5.74) is -1.46. The van der Waals surface area contributed by atoms with Crippen LogP contribution < -0.4 is 5.32 Å². The molecule has 3 rings (SSSR count). The van der Waals surface area contributed by atoms with Crippen molar-refractivity contribution in [2.24, 2.45) is 10.2 Å². The third-order valence-electron chi connectivity index (χ3n) is 4.30. The molecule has 0 fully saturated rings. The molecule has 0 spiro atoms. The second-order valence-corrected chi connectivity index (χ2v) is 7.82. The summed E-state index contributed by atoms with van der Waals surface area (Å²) in [6.07, 6.45) is -0.773. The summed E-state index contributed by atoms with van der Waals surface area (Å²) in [6.45, 7) is 1.72. The second kappa shape index (κ2) is 10.8. The molecule has 0 unspecified atom stereocenters. The molecule has 4 N–H and O–H groups in total. The average Bonchev–Trinajstić information content (AvgIpc) is 2.73. The largest absolute Gasteiger partial charge is 0.506 e. The van der Waals surface area contributed by atoms with E-state index >= 15 is 0 Å². The van der Waals surface area contributed by atoms with Crippen molar-refractivity contribution in [3.05, 3.63) is 52.6 Å². The van der Waals surface area contributed by atoms with Crippen molar-refractivity contribution in [2.75, 3.05) is 11.9 Å². The Morgan fingerprint density at radius 1 is 1.18 bits per heavy atom. The maximum absolute atomic E-state index is 11.9. The number of nitro groups is 1. The molecule has 3 aromatic carbocycles. The van der Waals surface area contributed by atoms with Gasteiger partial charge in [0.05, 0.1) is 17.2 Å². The minimum Gasteiger partial charge on any atom is -0.506 e. The summed E-state index contributed by atoms with van der Waals surface area (Å²) in [6, 6.07) is 8.76. The molecule has 0 bridgehead atoms. The minimum atomic E-state index is -5.03. The molecule has 1 radical (unpaired) electrons. The molecule has 173 valence electrons. The first-order valence-corrected chi connectivity index (χ1v) is 10.6. The Hall–Kier alpha value is -3.30. The number of hydrogen-bond acceptors (Lipinski definition) is 10. The van der Waals surface area contributed by atoms with Crippen molar-refractivity contribution in [1.82, 2.24) is 0 Å². The van der Waals surface area contributed by atoms with Crippen molar-refractivity contribution < 1.29 is 37.6 Å². The fraction of sp³-hybridized carbons (Fsp3) is 0.105. The van der Waals surface area contributed by atoms with E-state index < -0.39 is 48.9 Å². The first-order valence-electron chi connectivity index (χ1n) is 9.12. The van der Waals surface area contributed by atoms with Gasteiger partial charge >= 0.3 is 6.09 Å². The van der Waals surface area contributed by atoms with Gasteiger partial charge in [0.1, 0.15) is 22.0 Å². The Balaban J connectivity index is 0.00000408. The molecule has 1 amide bonds. The maximum Gasteiger partial charge on any atom is 0.411 e. The van der Waals surface area contributed by atoms with Gasteiger partial charge in [-0.3, -0.25) is 20.0 Å². The van der Waals surface area contributed by atoms with Gasteiger partial charge in [-0.25, -0.2) is 4.79 Å². The van der Waals surface area contributed by atoms with E-state index in [0.717, 1.165) is 6.07 Å². The molecule has 0 heterocycles. The number of anilines is 1. The molecule has 0 saturated heterocycles. The number of fused-ring (bicyclic) bond motifs is 1. The van der Waals surface area contributed by atoms with Crippen molar-refractivity contribution >= 4 is 79.3 Å². The number of amides is 1. The van der Waals surface area contributed by atoms with Gasteiger partial charge in [-0.2, -0.15) is 8.42 Å². The Morgan fingerprint density at radius 3 is 2.50 bits per heavy atom. The molecular weight excluding hydrogens is 483 g/mol. The van der Waals surface area contributed by atoms with Crippen LogP contribution in [0.5, 0.6) is 11.5 Å². The Kier molecular flexibility index (Phi) is 8.52. The van der Waals surface area contributed by atoms with Gasteiger partial charge in [-0.05, 0) is 24.4 Å². The van der Waals surface area contributed by atoms with Gasteiger partial charge in [0.15, 0.2) is 5.75 Å². The molecule has 0 aromatic heterocycles. The number of nitrogens with zero attached hydrogens (tertiary/aromatic N) is 3. The fourth-order valence-corrected chi connectivity index (χ4v) is 3.51. The van der Waals surface area contributed by atoms with Crippen LogP contribution >= 0.6 is 0 Å². The van der Waals surface area contributed by atoms with E-state index in [1.54, 1.807) is 19.1 Å². The van der Waals surface area contributed by atoms with Crippen molar-refractivity contribution in [2.45, 2.75) is 11.8 Å². The molecule has 0 aliphatic carbocycles. The predicted molar refractivity (Wildman–Crippen MR) is 121 cm³/mol. The SMILES string of the molecule is CCOC(=O)Nc1cccc2ccc(O)c(N=Nc3cc([N+](=O)[O-])cc(S(=O)(=O)O)c3O)c12.[Na]. The van der Waals surface area contributed by atoms with Gasteiger partial charge in [0, 0.05) is 47.1 Å². The number of benzene rings is 3. The number of rotatable bonds is 6. The van der Waals surface area contributed by atoms with Crippen LogP contribution in [0.4, 0.5) is 27.5 Å². The molecule has 0 aliphatic heterocycles. The third kappa shape index (κ3) is 5.78. The molecule has 0 atom stereocenters. The number of aromatic hydroxyl groups is 2. The average molecular weight is 499 g/mol. The number of ether oxygens (including phenoxy) is 1. The van der Waals surface area contributed by atoms with Gasteiger partial charge in [-0.1, -0.05) is 18.2 Å². The number of phenols is 2. The van der Waals surface area contributed by atoms with Crippen LogP contribution in [0, 0.1) is 10.1 Å². The summed E-state index contributed by atoms with van der Waals surface area (Å²) in [5, 5.41) is 42.3. The van der Waals surface area contributed by atoms with Gasteiger partial charge in [0.2, 0.25) is 0 Å². The normalized spacial score (nSPS) is 11.2. The zero-order valence-electron chi connectivity index (χ0n) is 17.8. The van der Waals surface area contributed by atoms with Crippen molar-refractivity contribution in [3.8, 4) is 11.5 Å². The van der Waals surface area contributed by atoms with E-state index in [2.05, 4.69) is 15.5 Å². The zero-order chi connectivity index (χ0) is 24.3. The predicted octanol–water partition coefficient (Wildman–Crippen LogP) is 4.01. The molecule has 3 aromatic rings. The monoisotopic (exact) mass is 499 g/mol. The summed E-state index contributed by atoms with van der Waals surface area (Å²) in [5.74, 6) is -1.49. The second-order valence-electron chi connectivity index (χ2n) is 6.43. The quantitative estimate of drug-likeness (QED) is 0.127. The standard InChI is InChI=1S/C19H16N4O9S.Na/c1-2-32-19(26)20-12-5-3-4-10-6-7-14(24)17(16(10)12)22-21-13-8-11(23(27)28)9-15(18(13)25)33(29,30)31;/h3-9,24-25H,2H2,1H3,(H,20,26)(H,29,30,31);. The number of nitro benzene ring substituents is 1. The third-order valence-corrected chi connectivity index (χ3v) is 5.16. The smallest absolute Gasteiger partial charge is 0.411 e.